The second kappa shape index (κ2) is 5.94. The van der Waals surface area contributed by atoms with E-state index in [0.29, 0.717) is 31.0 Å². The largest absolute Gasteiger partial charge is 0.481 e. The van der Waals surface area contributed by atoms with Gasteiger partial charge in [0, 0.05) is 12.8 Å². The minimum atomic E-state index is -0.879. The standard InChI is InChI=1S/C16H23N3O4/c1-2-12-17-13(19-23-12)16(8-3-4-9-16)18-11(20)10-15(14(21)22)6-5-7-15/h2-10H2,1H3,(H,18,20)(H,21,22). The van der Waals surface area contributed by atoms with Crippen LogP contribution in [-0.2, 0) is 21.5 Å². The first-order valence-corrected chi connectivity index (χ1v) is 8.37. The first-order valence-electron chi connectivity index (χ1n) is 8.37. The fraction of sp³-hybridized carbons (Fsp3) is 0.750. The lowest BCUT2D eigenvalue weighted by Crippen LogP contribution is -2.49. The van der Waals surface area contributed by atoms with Crippen LogP contribution in [-0.4, -0.2) is 27.1 Å². The van der Waals surface area contributed by atoms with E-state index in [0.717, 1.165) is 32.1 Å². The van der Waals surface area contributed by atoms with E-state index >= 15 is 0 Å². The molecule has 2 aliphatic carbocycles. The molecular weight excluding hydrogens is 298 g/mol. The SMILES string of the molecule is CCc1nc(C2(NC(=O)CC3(C(=O)O)CCC3)CCCC2)no1. The molecule has 3 rings (SSSR count). The number of carbonyl (C=O) groups is 2. The molecule has 2 aliphatic rings. The highest BCUT2D eigenvalue weighted by atomic mass is 16.5. The second-order valence-corrected chi connectivity index (χ2v) is 6.82. The molecule has 1 amide bonds. The predicted molar refractivity (Wildman–Crippen MR) is 80.5 cm³/mol. The summed E-state index contributed by atoms with van der Waals surface area (Å²) in [6, 6.07) is 0. The number of carboxylic acid groups (broad SMARTS) is 1. The number of aliphatic carboxylic acids is 1. The summed E-state index contributed by atoms with van der Waals surface area (Å²) in [4.78, 5) is 28.3. The van der Waals surface area contributed by atoms with E-state index in [1.807, 2.05) is 6.92 Å². The Hall–Kier alpha value is -1.92. The van der Waals surface area contributed by atoms with Gasteiger partial charge in [0.25, 0.3) is 0 Å². The van der Waals surface area contributed by atoms with Crippen molar-refractivity contribution in [2.75, 3.05) is 0 Å². The van der Waals surface area contributed by atoms with Crippen LogP contribution in [0.15, 0.2) is 4.52 Å². The third-order valence-corrected chi connectivity index (χ3v) is 5.30. The number of amides is 1. The van der Waals surface area contributed by atoms with Crippen LogP contribution in [0, 0.1) is 5.41 Å². The maximum atomic E-state index is 12.5. The molecule has 0 bridgehead atoms. The van der Waals surface area contributed by atoms with Gasteiger partial charge in [0.2, 0.25) is 11.8 Å². The number of aryl methyl sites for hydroxylation is 1. The number of carbonyl (C=O) groups excluding carboxylic acids is 1. The molecule has 0 aromatic carbocycles. The molecule has 23 heavy (non-hydrogen) atoms. The molecule has 7 nitrogen and oxygen atoms in total. The molecule has 2 saturated carbocycles. The number of rotatable bonds is 6. The summed E-state index contributed by atoms with van der Waals surface area (Å²) in [6.07, 6.45) is 6.21. The molecule has 1 heterocycles. The van der Waals surface area contributed by atoms with Crippen molar-refractivity contribution < 1.29 is 19.2 Å². The number of hydrogen-bond acceptors (Lipinski definition) is 5. The Morgan fingerprint density at radius 2 is 1.91 bits per heavy atom. The van der Waals surface area contributed by atoms with E-state index in [-0.39, 0.29) is 12.3 Å². The summed E-state index contributed by atoms with van der Waals surface area (Å²) >= 11 is 0. The van der Waals surface area contributed by atoms with E-state index in [1.54, 1.807) is 0 Å². The topological polar surface area (TPSA) is 105 Å². The lowest BCUT2D eigenvalue weighted by Gasteiger charge is -2.38. The Morgan fingerprint density at radius 1 is 1.22 bits per heavy atom. The quantitative estimate of drug-likeness (QED) is 0.832. The third kappa shape index (κ3) is 2.84. The zero-order valence-corrected chi connectivity index (χ0v) is 13.4. The molecule has 7 heteroatoms. The van der Waals surface area contributed by atoms with Crippen molar-refractivity contribution in [1.82, 2.24) is 15.5 Å². The summed E-state index contributed by atoms with van der Waals surface area (Å²) in [6.45, 7) is 1.93. The predicted octanol–water partition coefficient (Wildman–Crippen LogP) is 2.16. The van der Waals surface area contributed by atoms with Crippen LogP contribution in [0.3, 0.4) is 0 Å². The normalized spacial score (nSPS) is 21.6. The lowest BCUT2D eigenvalue weighted by atomic mass is 9.66. The van der Waals surface area contributed by atoms with Gasteiger partial charge in [0.15, 0.2) is 5.82 Å². The van der Waals surface area contributed by atoms with Crippen molar-refractivity contribution in [3.05, 3.63) is 11.7 Å². The highest BCUT2D eigenvalue weighted by molar-refractivity contribution is 5.86. The van der Waals surface area contributed by atoms with Crippen LogP contribution >= 0.6 is 0 Å². The molecule has 0 atom stereocenters. The smallest absolute Gasteiger partial charge is 0.310 e. The Morgan fingerprint density at radius 3 is 2.39 bits per heavy atom. The van der Waals surface area contributed by atoms with Crippen LogP contribution in [0.4, 0.5) is 0 Å². The van der Waals surface area contributed by atoms with Crippen LogP contribution in [0.2, 0.25) is 0 Å². The summed E-state index contributed by atoms with van der Waals surface area (Å²) < 4.78 is 5.20. The molecule has 2 fully saturated rings. The van der Waals surface area contributed by atoms with Gasteiger partial charge in [-0.15, -0.1) is 0 Å². The monoisotopic (exact) mass is 321 g/mol. The van der Waals surface area contributed by atoms with Gasteiger partial charge in [-0.2, -0.15) is 4.98 Å². The van der Waals surface area contributed by atoms with Crippen LogP contribution in [0.5, 0.6) is 0 Å². The van der Waals surface area contributed by atoms with E-state index < -0.39 is 16.9 Å². The molecule has 0 unspecified atom stereocenters. The Kier molecular flexibility index (Phi) is 4.12. The van der Waals surface area contributed by atoms with E-state index in [1.165, 1.54) is 0 Å². The molecule has 126 valence electrons. The van der Waals surface area contributed by atoms with Crippen molar-refractivity contribution in [2.45, 2.75) is 70.3 Å². The van der Waals surface area contributed by atoms with Gasteiger partial charge in [-0.3, -0.25) is 9.59 Å². The van der Waals surface area contributed by atoms with Crippen molar-refractivity contribution in [2.24, 2.45) is 5.41 Å². The molecule has 0 saturated heterocycles. The van der Waals surface area contributed by atoms with E-state index in [4.69, 9.17) is 4.52 Å². The average Bonchev–Trinajstić information content (AvgIpc) is 3.11. The van der Waals surface area contributed by atoms with E-state index in [2.05, 4.69) is 15.5 Å². The molecule has 0 aliphatic heterocycles. The minimum Gasteiger partial charge on any atom is -0.481 e. The fourth-order valence-electron chi connectivity index (χ4n) is 3.66. The van der Waals surface area contributed by atoms with Gasteiger partial charge >= 0.3 is 5.97 Å². The summed E-state index contributed by atoms with van der Waals surface area (Å²) in [5.74, 6) is -0.0104. The van der Waals surface area contributed by atoms with Crippen LogP contribution in [0.25, 0.3) is 0 Å². The first-order chi connectivity index (χ1) is 11.0. The summed E-state index contributed by atoms with van der Waals surface area (Å²) in [7, 11) is 0. The van der Waals surface area contributed by atoms with Crippen LogP contribution in [0.1, 0.15) is 70.0 Å². The van der Waals surface area contributed by atoms with Gasteiger partial charge in [0.1, 0.15) is 5.54 Å². The fourth-order valence-corrected chi connectivity index (χ4v) is 3.66. The number of carboxylic acids is 1. The Labute approximate surface area is 134 Å². The van der Waals surface area contributed by atoms with Crippen molar-refractivity contribution >= 4 is 11.9 Å². The maximum Gasteiger partial charge on any atom is 0.310 e. The Bertz CT molecular complexity index is 600. The second-order valence-electron chi connectivity index (χ2n) is 6.82. The highest BCUT2D eigenvalue weighted by Crippen LogP contribution is 2.45. The molecule has 2 N–H and O–H groups in total. The van der Waals surface area contributed by atoms with Crippen molar-refractivity contribution in [3.8, 4) is 0 Å². The molecule has 0 radical (unpaired) electrons. The van der Waals surface area contributed by atoms with Gasteiger partial charge in [-0.1, -0.05) is 31.3 Å². The van der Waals surface area contributed by atoms with Crippen molar-refractivity contribution in [1.29, 1.82) is 0 Å². The van der Waals surface area contributed by atoms with Gasteiger partial charge in [-0.25, -0.2) is 0 Å². The highest BCUT2D eigenvalue weighted by Gasteiger charge is 2.48. The maximum absolute atomic E-state index is 12.5. The lowest BCUT2D eigenvalue weighted by molar-refractivity contribution is -0.158. The Balaban J connectivity index is 1.74. The third-order valence-electron chi connectivity index (χ3n) is 5.30. The zero-order valence-electron chi connectivity index (χ0n) is 13.4. The van der Waals surface area contributed by atoms with Gasteiger partial charge < -0.3 is 14.9 Å². The molecule has 1 aromatic rings. The zero-order chi connectivity index (χ0) is 16.5. The first kappa shape index (κ1) is 16.0. The number of aromatic nitrogens is 2. The molecular formula is C16H23N3O4. The molecule has 0 spiro atoms. The van der Waals surface area contributed by atoms with Gasteiger partial charge in [0.05, 0.1) is 5.41 Å². The average molecular weight is 321 g/mol. The number of hydrogen-bond donors (Lipinski definition) is 2. The molecule has 1 aromatic heterocycles. The van der Waals surface area contributed by atoms with Crippen LogP contribution < -0.4 is 5.32 Å². The van der Waals surface area contributed by atoms with Gasteiger partial charge in [-0.05, 0) is 25.7 Å². The number of nitrogens with zero attached hydrogens (tertiary/aromatic N) is 2. The minimum absolute atomic E-state index is 0.0303. The summed E-state index contributed by atoms with van der Waals surface area (Å²) in [5.41, 5.74) is -1.48. The summed E-state index contributed by atoms with van der Waals surface area (Å²) in [5, 5.41) is 16.5. The number of nitrogens with one attached hydrogen (secondary N) is 1. The van der Waals surface area contributed by atoms with E-state index in [9.17, 15) is 14.7 Å². The van der Waals surface area contributed by atoms with Crippen molar-refractivity contribution in [3.63, 3.8) is 0 Å².